The van der Waals surface area contributed by atoms with Crippen LogP contribution in [0.1, 0.15) is 37.9 Å². The maximum absolute atomic E-state index is 15.5. The molecule has 12 rings (SSSR count). The van der Waals surface area contributed by atoms with Crippen molar-refractivity contribution in [3.63, 3.8) is 0 Å². The Morgan fingerprint density at radius 3 is 2.53 bits per heavy atom. The van der Waals surface area contributed by atoms with E-state index in [1.165, 1.54) is 16.8 Å². The van der Waals surface area contributed by atoms with Gasteiger partial charge in [0.15, 0.2) is 17.1 Å². The molecule has 6 bridgehead atoms. The van der Waals surface area contributed by atoms with Crippen LogP contribution in [0.4, 0.5) is 26.4 Å². The van der Waals surface area contributed by atoms with Gasteiger partial charge in [0.2, 0.25) is 17.8 Å². The van der Waals surface area contributed by atoms with E-state index in [-0.39, 0.29) is 47.8 Å². The lowest BCUT2D eigenvalue weighted by atomic mass is 9.82. The van der Waals surface area contributed by atoms with Crippen LogP contribution >= 0.6 is 0 Å². The highest BCUT2D eigenvalue weighted by atomic mass is 19.1. The number of ether oxygens (including phenoxy) is 1. The molecule has 6 aromatic rings. The van der Waals surface area contributed by atoms with Gasteiger partial charge >= 0.3 is 0 Å². The Morgan fingerprint density at radius 2 is 1.75 bits per heavy atom. The van der Waals surface area contributed by atoms with E-state index in [1.807, 2.05) is 45.9 Å². The summed E-state index contributed by atoms with van der Waals surface area (Å²) >= 11 is 0. The molecule has 18 heteroatoms. The Bertz CT molecular complexity index is 2720. The minimum atomic E-state index is -0.810. The van der Waals surface area contributed by atoms with Crippen LogP contribution in [0.3, 0.4) is 0 Å². The van der Waals surface area contributed by atoms with Crippen LogP contribution in [-0.4, -0.2) is 131 Å². The molecular formula is C42H43F2N13O3. The maximum atomic E-state index is 15.5. The van der Waals surface area contributed by atoms with Crippen molar-refractivity contribution in [2.45, 2.75) is 81.9 Å². The number of piperidine rings is 1. The van der Waals surface area contributed by atoms with Crippen LogP contribution in [0.25, 0.3) is 39.1 Å². The summed E-state index contributed by atoms with van der Waals surface area (Å²) in [7, 11) is 3.42. The van der Waals surface area contributed by atoms with Gasteiger partial charge in [-0.15, -0.1) is 0 Å². The summed E-state index contributed by atoms with van der Waals surface area (Å²) < 4.78 is 39.1. The quantitative estimate of drug-likeness (QED) is 0.267. The van der Waals surface area contributed by atoms with Crippen molar-refractivity contribution in [3.8, 4) is 16.9 Å². The fraction of sp³-hybridized carbons (Fsp3) is 0.429. The van der Waals surface area contributed by atoms with Gasteiger partial charge in [0.1, 0.15) is 41.0 Å². The molecule has 5 fully saturated rings. The standard InChI is InChI=1S/C42H43F2N13O3/c1-22-47-37-36-28(12-13-45-37)31-8-5-9-35(49-31)48-24-15-33(40(58)52(2)20-27(60-3)21-53(22)36)55(18-24)38-29-17-46-57(32-11-10-23(43)14-30(32)44)39(29)51-42(50-38)56-26-16-34(56)41(59)54(19-26)25-6-4-7-25/h5,8-14,17,24-27,33-34H,4,6-7,15-16,18-21H2,1-3H3,(H,48,49)/t24-,26+,27-,33-,34-/m0/s1. The van der Waals surface area contributed by atoms with Gasteiger partial charge < -0.3 is 34.2 Å². The number of piperazine rings is 1. The third-order valence-electron chi connectivity index (χ3n) is 13.1. The van der Waals surface area contributed by atoms with E-state index in [0.29, 0.717) is 61.1 Å². The molecule has 5 aromatic heterocycles. The molecule has 6 aliphatic rings. The number of benzene rings is 1. The summed E-state index contributed by atoms with van der Waals surface area (Å²) in [5.41, 5.74) is 3.34. The number of nitrogens with zero attached hydrogens (tertiary/aromatic N) is 12. The number of aryl methyl sites for hydroxylation is 1. The fourth-order valence-electron chi connectivity index (χ4n) is 9.81. The van der Waals surface area contributed by atoms with Crippen molar-refractivity contribution in [1.29, 1.82) is 0 Å². The minimum absolute atomic E-state index is 0.00162. The predicted molar refractivity (Wildman–Crippen MR) is 218 cm³/mol. The summed E-state index contributed by atoms with van der Waals surface area (Å²) in [6, 6.07) is 9.92. The zero-order valence-electron chi connectivity index (χ0n) is 33.4. The first-order chi connectivity index (χ1) is 29.1. The molecule has 1 aromatic carbocycles. The first-order valence-corrected chi connectivity index (χ1v) is 20.5. The average Bonchev–Trinajstić information content (AvgIpc) is 3.91. The number of hydrogen-bond donors (Lipinski definition) is 1. The smallest absolute Gasteiger partial charge is 0.245 e. The lowest BCUT2D eigenvalue weighted by molar-refractivity contribution is -0.145. The summed E-state index contributed by atoms with van der Waals surface area (Å²) in [4.78, 5) is 60.9. The highest BCUT2D eigenvalue weighted by Gasteiger charge is 2.54. The number of amides is 2. The SMILES string of the molecule is CO[C@H]1CN(C)C(=O)[C@@H]2C[C@@H](CN2c2nc(N3[C@@H]4C[C@H]3C(=O)N(C3CCC3)C4)nc3c2cnn3-c2ccc(F)cc2F)Nc2cccc(n2)-c2ccnc3nc(C)n(c23)C1. The topological polar surface area (TPSA) is 156 Å². The van der Waals surface area contributed by atoms with Gasteiger partial charge in [-0.3, -0.25) is 9.59 Å². The molecule has 0 unspecified atom stereocenters. The van der Waals surface area contributed by atoms with E-state index < -0.39 is 29.8 Å². The molecule has 60 heavy (non-hydrogen) atoms. The van der Waals surface area contributed by atoms with Crippen molar-refractivity contribution in [2.24, 2.45) is 0 Å². The van der Waals surface area contributed by atoms with Gasteiger partial charge in [-0.1, -0.05) is 6.07 Å². The van der Waals surface area contributed by atoms with Gasteiger partial charge in [0, 0.05) is 63.7 Å². The highest BCUT2D eigenvalue weighted by molar-refractivity contribution is 5.95. The molecule has 16 nitrogen and oxygen atoms in total. The Hall–Kier alpha value is -6.30. The number of halogens is 2. The number of likely N-dealkylation sites (N-methyl/N-ethyl adjacent to an activating group) is 1. The number of fused-ring (bicyclic) bond motifs is 8. The summed E-state index contributed by atoms with van der Waals surface area (Å²) in [6.45, 7) is 3.54. The van der Waals surface area contributed by atoms with Crippen LogP contribution in [0, 0.1) is 18.6 Å². The van der Waals surface area contributed by atoms with Crippen molar-refractivity contribution in [2.75, 3.05) is 48.9 Å². The van der Waals surface area contributed by atoms with E-state index in [0.717, 1.165) is 47.9 Å². The number of anilines is 3. The van der Waals surface area contributed by atoms with Gasteiger partial charge in [-0.05, 0) is 69.4 Å². The first kappa shape index (κ1) is 36.8. The molecule has 1 saturated carbocycles. The number of carbonyl (C=O) groups excluding carboxylic acids is 2. The van der Waals surface area contributed by atoms with Gasteiger partial charge in [0.05, 0.1) is 41.5 Å². The third-order valence-corrected chi connectivity index (χ3v) is 13.1. The predicted octanol–water partition coefficient (Wildman–Crippen LogP) is 4.10. The summed E-state index contributed by atoms with van der Waals surface area (Å²) in [5.74, 6) is 0.505. The van der Waals surface area contributed by atoms with Gasteiger partial charge in [0.25, 0.3) is 0 Å². The number of pyridine rings is 2. The zero-order chi connectivity index (χ0) is 41.0. The monoisotopic (exact) mass is 815 g/mol. The lowest BCUT2D eigenvalue weighted by Gasteiger charge is -2.57. The number of rotatable bonds is 5. The zero-order valence-corrected chi connectivity index (χ0v) is 33.4. The van der Waals surface area contributed by atoms with Crippen molar-refractivity contribution in [3.05, 3.63) is 72.3 Å². The minimum Gasteiger partial charge on any atom is -0.378 e. The Morgan fingerprint density at radius 1 is 0.883 bits per heavy atom. The van der Waals surface area contributed by atoms with E-state index in [9.17, 15) is 14.0 Å². The molecule has 10 heterocycles. The van der Waals surface area contributed by atoms with Crippen LogP contribution in [0.15, 0.2) is 54.9 Å². The number of hydrogen-bond acceptors (Lipinski definition) is 12. The largest absolute Gasteiger partial charge is 0.378 e. The fourth-order valence-corrected chi connectivity index (χ4v) is 9.81. The summed E-state index contributed by atoms with van der Waals surface area (Å²) in [6.07, 6.45) is 7.12. The van der Waals surface area contributed by atoms with Crippen LogP contribution in [-0.2, 0) is 20.9 Å². The number of imidazole rings is 1. The molecule has 308 valence electrons. The molecule has 0 radical (unpaired) electrons. The molecule has 1 N–H and O–H groups in total. The molecule has 0 spiro atoms. The molecular weight excluding hydrogens is 773 g/mol. The van der Waals surface area contributed by atoms with E-state index in [1.54, 1.807) is 31.5 Å². The van der Waals surface area contributed by atoms with Crippen LogP contribution in [0.2, 0.25) is 0 Å². The highest BCUT2D eigenvalue weighted by Crippen LogP contribution is 2.42. The van der Waals surface area contributed by atoms with Crippen molar-refractivity contribution < 1.29 is 23.1 Å². The number of methoxy groups -OCH3 is 1. The third kappa shape index (κ3) is 5.77. The van der Waals surface area contributed by atoms with E-state index in [4.69, 9.17) is 24.7 Å². The lowest BCUT2D eigenvalue weighted by Crippen LogP contribution is -2.73. The first-order valence-electron chi connectivity index (χ1n) is 20.5. The Balaban J connectivity index is 1.03. The van der Waals surface area contributed by atoms with Gasteiger partial charge in [-0.2, -0.15) is 15.1 Å². The number of aromatic nitrogens is 8. The van der Waals surface area contributed by atoms with E-state index >= 15 is 4.39 Å². The average molecular weight is 816 g/mol. The Kier molecular flexibility index (Phi) is 8.51. The maximum Gasteiger partial charge on any atom is 0.245 e. The Labute approximate surface area is 343 Å². The number of carbonyl (C=O) groups is 2. The second-order valence-corrected chi connectivity index (χ2v) is 16.7. The van der Waals surface area contributed by atoms with Crippen LogP contribution < -0.4 is 15.1 Å². The molecule has 5 atom stereocenters. The van der Waals surface area contributed by atoms with Gasteiger partial charge in [-0.25, -0.2) is 28.4 Å². The van der Waals surface area contributed by atoms with Crippen LogP contribution in [0.5, 0.6) is 0 Å². The molecule has 2 amide bonds. The number of nitrogens with one attached hydrogen (secondary N) is 1. The summed E-state index contributed by atoms with van der Waals surface area (Å²) in [5, 5.41) is 8.66. The van der Waals surface area contributed by atoms with Crippen molar-refractivity contribution >= 4 is 51.6 Å². The second-order valence-electron chi connectivity index (χ2n) is 16.7. The normalized spacial score (nSPS) is 24.4. The molecule has 1 aliphatic carbocycles. The second kappa shape index (κ2) is 13.9. The molecule has 4 saturated heterocycles. The van der Waals surface area contributed by atoms with E-state index in [2.05, 4.69) is 20.0 Å². The van der Waals surface area contributed by atoms with Crippen molar-refractivity contribution in [1.82, 2.24) is 49.1 Å². The molecule has 5 aliphatic heterocycles.